The van der Waals surface area contributed by atoms with E-state index in [1.807, 2.05) is 0 Å². The largest absolute Gasteiger partial charge is 0.323 e. The number of hydrogen-bond donors (Lipinski definition) is 0. The van der Waals surface area contributed by atoms with Crippen LogP contribution in [0.4, 0.5) is 0 Å². The molecule has 35 heavy (non-hydrogen) atoms. The Hall–Kier alpha value is -1.09. The van der Waals surface area contributed by atoms with Crippen LogP contribution in [0.2, 0.25) is 0 Å². The Bertz CT molecular complexity index is 902. The van der Waals surface area contributed by atoms with Crippen molar-refractivity contribution in [3.8, 4) is 0 Å². The maximum Gasteiger partial charge on any atom is 0.110 e. The van der Waals surface area contributed by atoms with Crippen LogP contribution in [0.25, 0.3) is 11.0 Å². The van der Waals surface area contributed by atoms with Crippen molar-refractivity contribution in [1.82, 2.24) is 9.55 Å². The molecule has 3 rings (SSSR count). The number of unbranched alkanes of at least 4 members (excludes halogenated alkanes) is 15. The fourth-order valence-electron chi connectivity index (χ4n) is 5.09. The van der Waals surface area contributed by atoms with Crippen LogP contribution >= 0.6 is 0 Å². The zero-order valence-corrected chi connectivity index (χ0v) is 24.8. The Labute approximate surface area is 237 Å². The maximum absolute atomic E-state index is 4.98. The number of benzene rings is 2. The number of rotatable bonds is 19. The van der Waals surface area contributed by atoms with Crippen molar-refractivity contribution in [2.24, 2.45) is 0 Å². The van der Waals surface area contributed by atoms with E-state index < -0.39 is 0 Å². The van der Waals surface area contributed by atoms with E-state index in [-0.39, 0.29) is 29.6 Å². The Morgan fingerprint density at radius 2 is 1.06 bits per heavy atom. The minimum atomic E-state index is 0. The van der Waals surface area contributed by atoms with Gasteiger partial charge in [0, 0.05) is 42.5 Å². The van der Waals surface area contributed by atoms with E-state index in [0.29, 0.717) is 0 Å². The second kappa shape index (κ2) is 19.1. The van der Waals surface area contributed by atoms with Crippen LogP contribution in [0.15, 0.2) is 54.6 Å². The molecule has 0 bridgehead atoms. The van der Waals surface area contributed by atoms with E-state index in [4.69, 9.17) is 4.98 Å². The van der Waals surface area contributed by atoms with Crippen molar-refractivity contribution in [2.45, 2.75) is 123 Å². The summed E-state index contributed by atoms with van der Waals surface area (Å²) in [6.45, 7) is 3.21. The monoisotopic (exact) mass is 483 g/mol. The van der Waals surface area contributed by atoms with E-state index in [2.05, 4.69) is 66.1 Å². The first-order chi connectivity index (χ1) is 16.9. The molecule has 0 unspecified atom stereocenters. The number of hydrogen-bond acceptors (Lipinski definition) is 1. The molecule has 3 heteroatoms. The van der Waals surface area contributed by atoms with Crippen molar-refractivity contribution in [3.63, 3.8) is 0 Å². The summed E-state index contributed by atoms with van der Waals surface area (Å²) < 4.78 is 2.43. The van der Waals surface area contributed by atoms with Gasteiger partial charge in [0.15, 0.2) is 0 Å². The smallest absolute Gasteiger partial charge is 0.110 e. The fraction of sp³-hybridized carbons (Fsp3) is 0.594. The molecule has 2 nitrogen and oxygen atoms in total. The summed E-state index contributed by atoms with van der Waals surface area (Å²) in [7, 11) is 0. The average Bonchev–Trinajstić information content (AvgIpc) is 3.21. The predicted molar refractivity (Wildman–Crippen MR) is 154 cm³/mol. The van der Waals surface area contributed by atoms with Crippen LogP contribution in [0.3, 0.4) is 0 Å². The van der Waals surface area contributed by atoms with Crippen LogP contribution in [-0.2, 0) is 13.0 Å². The SMILES string of the molecule is CCCCCCCCCCCCCCCCCCc1nc2ccccc2n1Cc1ccccc1.[Na]. The number of aromatic nitrogens is 2. The van der Waals surface area contributed by atoms with Gasteiger partial charge in [-0.1, -0.05) is 146 Å². The number of aryl methyl sites for hydroxylation is 1. The summed E-state index contributed by atoms with van der Waals surface area (Å²) in [6.07, 6.45) is 23.7. The van der Waals surface area contributed by atoms with E-state index >= 15 is 0 Å². The summed E-state index contributed by atoms with van der Waals surface area (Å²) in [5, 5.41) is 0. The summed E-state index contributed by atoms with van der Waals surface area (Å²) >= 11 is 0. The molecule has 2 aromatic carbocycles. The first-order valence-corrected chi connectivity index (χ1v) is 14.4. The van der Waals surface area contributed by atoms with Gasteiger partial charge in [0.1, 0.15) is 5.82 Å². The molecule has 0 fully saturated rings. The van der Waals surface area contributed by atoms with Crippen molar-refractivity contribution in [1.29, 1.82) is 0 Å². The van der Waals surface area contributed by atoms with Crippen molar-refractivity contribution < 1.29 is 0 Å². The van der Waals surface area contributed by atoms with Gasteiger partial charge in [-0.2, -0.15) is 0 Å². The van der Waals surface area contributed by atoms with Gasteiger partial charge >= 0.3 is 0 Å². The Kier molecular flexibility index (Phi) is 16.4. The van der Waals surface area contributed by atoms with Gasteiger partial charge in [0.25, 0.3) is 0 Å². The number of para-hydroxylation sites is 2. The maximum atomic E-state index is 4.98. The van der Waals surface area contributed by atoms with Crippen molar-refractivity contribution in [2.75, 3.05) is 0 Å². The third-order valence-electron chi connectivity index (χ3n) is 7.17. The van der Waals surface area contributed by atoms with Crippen LogP contribution in [-0.4, -0.2) is 39.1 Å². The molecule has 0 saturated carbocycles. The van der Waals surface area contributed by atoms with E-state index in [9.17, 15) is 0 Å². The summed E-state index contributed by atoms with van der Waals surface area (Å²) in [6, 6.07) is 19.4. The topological polar surface area (TPSA) is 17.8 Å². The zero-order valence-electron chi connectivity index (χ0n) is 22.8. The molecule has 1 heterocycles. The number of nitrogens with zero attached hydrogens (tertiary/aromatic N) is 2. The first kappa shape index (κ1) is 30.1. The Balaban J connectivity index is 0.00000432. The van der Waals surface area contributed by atoms with E-state index in [0.717, 1.165) is 18.5 Å². The number of imidazole rings is 1. The quantitative estimate of drug-likeness (QED) is 0.123. The van der Waals surface area contributed by atoms with Crippen molar-refractivity contribution >= 4 is 40.6 Å². The van der Waals surface area contributed by atoms with Crippen molar-refractivity contribution in [3.05, 3.63) is 66.0 Å². The second-order valence-corrected chi connectivity index (χ2v) is 10.1. The predicted octanol–water partition coefficient (Wildman–Crippen LogP) is 9.51. The van der Waals surface area contributed by atoms with E-state index in [1.54, 1.807) is 0 Å². The minimum Gasteiger partial charge on any atom is -0.323 e. The molecule has 0 aliphatic heterocycles. The zero-order chi connectivity index (χ0) is 23.7. The van der Waals surface area contributed by atoms with Crippen LogP contribution in [0.1, 0.15) is 121 Å². The fourth-order valence-corrected chi connectivity index (χ4v) is 5.09. The Morgan fingerprint density at radius 3 is 1.63 bits per heavy atom. The van der Waals surface area contributed by atoms with Crippen LogP contribution < -0.4 is 0 Å². The van der Waals surface area contributed by atoms with Crippen LogP contribution in [0, 0.1) is 0 Å². The molecule has 0 amide bonds. The normalized spacial score (nSPS) is 11.1. The third-order valence-corrected chi connectivity index (χ3v) is 7.17. The molecule has 187 valence electrons. The molecule has 0 saturated heterocycles. The molecular weight excluding hydrogens is 435 g/mol. The molecule has 1 radical (unpaired) electrons. The van der Waals surface area contributed by atoms with E-state index in [1.165, 1.54) is 120 Å². The molecule has 0 spiro atoms. The van der Waals surface area contributed by atoms with Gasteiger partial charge in [-0.15, -0.1) is 0 Å². The van der Waals surface area contributed by atoms with Gasteiger partial charge in [-0.05, 0) is 24.1 Å². The first-order valence-electron chi connectivity index (χ1n) is 14.4. The second-order valence-electron chi connectivity index (χ2n) is 10.1. The van der Waals surface area contributed by atoms with Gasteiger partial charge in [-0.25, -0.2) is 4.98 Å². The summed E-state index contributed by atoms with van der Waals surface area (Å²) in [4.78, 5) is 4.98. The molecule has 3 aromatic rings. The van der Waals surface area contributed by atoms with Crippen LogP contribution in [0.5, 0.6) is 0 Å². The third kappa shape index (κ3) is 11.7. The van der Waals surface area contributed by atoms with Gasteiger partial charge in [-0.3, -0.25) is 0 Å². The molecule has 0 N–H and O–H groups in total. The number of fused-ring (bicyclic) bond motifs is 1. The van der Waals surface area contributed by atoms with Gasteiger partial charge in [0.2, 0.25) is 0 Å². The molecular formula is C32H48N2Na. The molecule has 0 atom stereocenters. The molecule has 0 aliphatic rings. The minimum absolute atomic E-state index is 0. The average molecular weight is 484 g/mol. The Morgan fingerprint density at radius 1 is 0.571 bits per heavy atom. The summed E-state index contributed by atoms with van der Waals surface area (Å²) in [5.74, 6) is 1.25. The summed E-state index contributed by atoms with van der Waals surface area (Å²) in [5.41, 5.74) is 3.74. The molecule has 0 aliphatic carbocycles. The molecule has 1 aromatic heterocycles. The van der Waals surface area contributed by atoms with Gasteiger partial charge < -0.3 is 4.57 Å². The standard InChI is InChI=1S/C32H48N2.Na/c1-2-3-4-5-6-7-8-9-10-11-12-13-14-15-16-20-27-32-33-30-25-21-22-26-31(30)34(32)28-29-23-18-17-19-24-29;/h17-19,21-26H,2-16,20,27-28H2,1H3;. The van der Waals surface area contributed by atoms with Gasteiger partial charge in [0.05, 0.1) is 11.0 Å².